The summed E-state index contributed by atoms with van der Waals surface area (Å²) in [5.41, 5.74) is 10.9. The van der Waals surface area contributed by atoms with Crippen molar-refractivity contribution in [3.05, 3.63) is 71.9 Å². The van der Waals surface area contributed by atoms with E-state index in [4.69, 9.17) is 5.73 Å². The lowest BCUT2D eigenvalue weighted by Gasteiger charge is -2.41. The van der Waals surface area contributed by atoms with Gasteiger partial charge in [0.15, 0.2) is 5.82 Å². The van der Waals surface area contributed by atoms with Crippen LogP contribution in [-0.4, -0.2) is 16.9 Å². The van der Waals surface area contributed by atoms with Crippen LogP contribution >= 0.6 is 0 Å². The fourth-order valence-electron chi connectivity index (χ4n) is 2.99. The molecule has 3 aromatic rings. The van der Waals surface area contributed by atoms with Gasteiger partial charge in [0.25, 0.3) is 0 Å². The molecule has 2 aromatic carbocycles. The fourth-order valence-corrected chi connectivity index (χ4v) is 2.99. The number of H-pyrrole nitrogens is 1. The highest BCUT2D eigenvalue weighted by Crippen LogP contribution is 2.37. The second-order valence-corrected chi connectivity index (χ2v) is 5.82. The Morgan fingerprint density at radius 3 is 2.52 bits per heavy atom. The molecule has 1 atom stereocenters. The first-order valence-electron chi connectivity index (χ1n) is 7.69. The number of anilines is 3. The van der Waals surface area contributed by atoms with Gasteiger partial charge in [-0.15, -0.1) is 0 Å². The van der Waals surface area contributed by atoms with Crippen molar-refractivity contribution in [3.8, 4) is 0 Å². The number of rotatable bonds is 2. The van der Waals surface area contributed by atoms with Gasteiger partial charge in [0.05, 0.1) is 12.2 Å². The Kier molecular flexibility index (Phi) is 3.28. The molecule has 23 heavy (non-hydrogen) atoms. The number of fused-ring (bicyclic) bond motifs is 1. The lowest BCUT2D eigenvalue weighted by atomic mass is 10.1. The second kappa shape index (κ2) is 5.44. The number of aromatic nitrogens is 2. The number of hydrogen-bond acceptors (Lipinski definition) is 4. The van der Waals surface area contributed by atoms with Gasteiger partial charge >= 0.3 is 0 Å². The van der Waals surface area contributed by atoms with Crippen molar-refractivity contribution < 1.29 is 0 Å². The number of hydrogen-bond donors (Lipinski definition) is 2. The van der Waals surface area contributed by atoms with E-state index in [1.165, 1.54) is 5.56 Å². The number of para-hydroxylation sites is 1. The average Bonchev–Trinajstić information content (AvgIpc) is 3.07. The Bertz CT molecular complexity index is 794. The Balaban J connectivity index is 1.77. The highest BCUT2D eigenvalue weighted by Gasteiger charge is 2.32. The molecule has 5 nitrogen and oxygen atoms in total. The van der Waals surface area contributed by atoms with E-state index in [2.05, 4.69) is 63.3 Å². The molecule has 1 aliphatic heterocycles. The van der Waals surface area contributed by atoms with Crippen LogP contribution in [-0.2, 0) is 0 Å². The summed E-state index contributed by atoms with van der Waals surface area (Å²) in [5.74, 6) is 0.895. The van der Waals surface area contributed by atoms with E-state index >= 15 is 0 Å². The van der Waals surface area contributed by atoms with Crippen molar-refractivity contribution in [1.29, 1.82) is 0 Å². The topological polar surface area (TPSA) is 61.2 Å². The molecule has 1 aliphatic rings. The van der Waals surface area contributed by atoms with Crippen molar-refractivity contribution in [2.75, 3.05) is 16.5 Å². The predicted molar refractivity (Wildman–Crippen MR) is 92.6 cm³/mol. The zero-order chi connectivity index (χ0) is 15.8. The van der Waals surface area contributed by atoms with Crippen LogP contribution < -0.4 is 15.5 Å². The third-order valence-electron chi connectivity index (χ3n) is 4.29. The number of aromatic amines is 1. The fraction of sp³-hybridized carbons (Fsp3) is 0.167. The molecule has 1 unspecified atom stereocenters. The van der Waals surface area contributed by atoms with E-state index in [1.54, 1.807) is 0 Å². The van der Waals surface area contributed by atoms with Crippen LogP contribution in [0.15, 0.2) is 60.8 Å². The van der Waals surface area contributed by atoms with E-state index in [-0.39, 0.29) is 6.17 Å². The summed E-state index contributed by atoms with van der Waals surface area (Å²) in [6.07, 6.45) is 1.67. The largest absolute Gasteiger partial charge is 0.334 e. The van der Waals surface area contributed by atoms with Gasteiger partial charge in [-0.05, 0) is 31.2 Å². The van der Waals surface area contributed by atoms with Crippen LogP contribution in [0.1, 0.15) is 17.3 Å². The zero-order valence-electron chi connectivity index (χ0n) is 13.0. The molecule has 4 rings (SSSR count). The lowest BCUT2D eigenvalue weighted by molar-refractivity contribution is 0.617. The highest BCUT2D eigenvalue weighted by molar-refractivity contribution is 5.68. The maximum Gasteiger partial charge on any atom is 0.162 e. The predicted octanol–water partition coefficient (Wildman–Crippen LogP) is 3.29. The number of nitrogens with one attached hydrogen (secondary N) is 1. The molecular weight excluding hydrogens is 286 g/mol. The first kappa shape index (κ1) is 13.8. The minimum Gasteiger partial charge on any atom is -0.334 e. The quantitative estimate of drug-likeness (QED) is 0.762. The van der Waals surface area contributed by atoms with E-state index in [0.717, 1.165) is 22.8 Å². The summed E-state index contributed by atoms with van der Waals surface area (Å²) in [6.45, 7) is 2.75. The third-order valence-corrected chi connectivity index (χ3v) is 4.29. The van der Waals surface area contributed by atoms with Gasteiger partial charge in [-0.2, -0.15) is 5.10 Å². The molecule has 0 aliphatic carbocycles. The molecule has 0 fully saturated rings. The third kappa shape index (κ3) is 2.35. The van der Waals surface area contributed by atoms with Gasteiger partial charge in [-0.3, -0.25) is 5.10 Å². The SMILES string of the molecule is Cc1ccc(N2CN(c3ccccc3)c3n[nH]cc3C2N)cc1. The van der Waals surface area contributed by atoms with Gasteiger partial charge in [0.2, 0.25) is 0 Å². The maximum atomic E-state index is 6.48. The van der Waals surface area contributed by atoms with Crippen molar-refractivity contribution in [3.63, 3.8) is 0 Å². The standard InChI is InChI=1S/C18H19N5/c1-13-7-9-15(10-8-13)22-12-23(14-5-3-2-4-6-14)18-16(17(22)19)11-20-21-18/h2-11,17H,12,19H2,1H3,(H,20,21). The summed E-state index contributed by atoms with van der Waals surface area (Å²) in [5, 5.41) is 7.35. The number of nitrogens with two attached hydrogens (primary N) is 1. The van der Waals surface area contributed by atoms with E-state index in [9.17, 15) is 0 Å². The summed E-state index contributed by atoms with van der Waals surface area (Å²) >= 11 is 0. The summed E-state index contributed by atoms with van der Waals surface area (Å²) in [4.78, 5) is 4.36. The Morgan fingerprint density at radius 2 is 1.78 bits per heavy atom. The summed E-state index contributed by atoms with van der Waals surface area (Å²) in [6, 6.07) is 18.7. The first-order chi connectivity index (χ1) is 11.2. The van der Waals surface area contributed by atoms with Crippen molar-refractivity contribution in [2.24, 2.45) is 5.73 Å². The van der Waals surface area contributed by atoms with Gasteiger partial charge in [-0.25, -0.2) is 0 Å². The zero-order valence-corrected chi connectivity index (χ0v) is 13.0. The lowest BCUT2D eigenvalue weighted by Crippen LogP contribution is -2.46. The monoisotopic (exact) mass is 305 g/mol. The minimum absolute atomic E-state index is 0.216. The Morgan fingerprint density at radius 1 is 1.04 bits per heavy atom. The molecule has 0 amide bonds. The van der Waals surface area contributed by atoms with Gasteiger partial charge in [-0.1, -0.05) is 35.9 Å². The smallest absolute Gasteiger partial charge is 0.162 e. The number of aryl methyl sites for hydroxylation is 1. The van der Waals surface area contributed by atoms with E-state index in [0.29, 0.717) is 6.67 Å². The maximum absolute atomic E-state index is 6.48. The van der Waals surface area contributed by atoms with Crippen molar-refractivity contribution >= 4 is 17.2 Å². The van der Waals surface area contributed by atoms with Crippen molar-refractivity contribution in [1.82, 2.24) is 10.2 Å². The van der Waals surface area contributed by atoms with Gasteiger partial charge < -0.3 is 15.5 Å². The number of benzene rings is 2. The van der Waals surface area contributed by atoms with Gasteiger partial charge in [0.1, 0.15) is 6.17 Å². The van der Waals surface area contributed by atoms with E-state index in [1.807, 2.05) is 24.4 Å². The second-order valence-electron chi connectivity index (χ2n) is 5.82. The minimum atomic E-state index is -0.216. The molecule has 116 valence electrons. The molecule has 0 saturated carbocycles. The Hall–Kier alpha value is -2.79. The van der Waals surface area contributed by atoms with Crippen molar-refractivity contribution in [2.45, 2.75) is 13.1 Å². The number of nitrogens with zero attached hydrogens (tertiary/aromatic N) is 3. The summed E-state index contributed by atoms with van der Waals surface area (Å²) in [7, 11) is 0. The molecule has 2 heterocycles. The average molecular weight is 305 g/mol. The summed E-state index contributed by atoms with van der Waals surface area (Å²) < 4.78 is 0. The first-order valence-corrected chi connectivity index (χ1v) is 7.69. The molecule has 0 saturated heterocycles. The molecule has 0 bridgehead atoms. The van der Waals surface area contributed by atoms with Crippen LogP contribution in [0.25, 0.3) is 0 Å². The highest BCUT2D eigenvalue weighted by atomic mass is 15.4. The normalized spacial score (nSPS) is 17.2. The van der Waals surface area contributed by atoms with Crippen LogP contribution in [0.2, 0.25) is 0 Å². The molecule has 5 heteroatoms. The molecule has 0 radical (unpaired) electrons. The van der Waals surface area contributed by atoms with Gasteiger partial charge in [0, 0.05) is 17.6 Å². The molecule has 3 N–H and O–H groups in total. The van der Waals surface area contributed by atoms with Crippen LogP contribution in [0.5, 0.6) is 0 Å². The van der Waals surface area contributed by atoms with E-state index < -0.39 is 0 Å². The van der Waals surface area contributed by atoms with Crippen LogP contribution in [0, 0.1) is 6.92 Å². The van der Waals surface area contributed by atoms with Crippen LogP contribution in [0.4, 0.5) is 17.2 Å². The Labute approximate surface area is 135 Å². The molecule has 0 spiro atoms. The van der Waals surface area contributed by atoms with Crippen LogP contribution in [0.3, 0.4) is 0 Å². The molecule has 1 aromatic heterocycles. The molecular formula is C18H19N5.